The first-order valence-corrected chi connectivity index (χ1v) is 7.08. The quantitative estimate of drug-likeness (QED) is 0.904. The average molecular weight is 264 g/mol. The molecule has 1 aromatic carbocycles. The molecule has 0 aliphatic heterocycles. The van der Waals surface area contributed by atoms with Gasteiger partial charge in [-0.2, -0.15) is 0 Å². The number of hydrogen-bond acceptors (Lipinski definition) is 3. The number of rotatable bonds is 4. The second kappa shape index (κ2) is 5.83. The normalized spacial score (nSPS) is 27.1. The number of aliphatic hydroxyl groups is 1. The lowest BCUT2D eigenvalue weighted by molar-refractivity contribution is -0.0235. The second-order valence-electron chi connectivity index (χ2n) is 5.47. The van der Waals surface area contributed by atoms with E-state index in [0.717, 1.165) is 42.7 Å². The molecular formula is C16H24O3. The van der Waals surface area contributed by atoms with Crippen molar-refractivity contribution < 1.29 is 14.6 Å². The number of hydrogen-bond donors (Lipinski definition) is 1. The van der Waals surface area contributed by atoms with Gasteiger partial charge >= 0.3 is 0 Å². The predicted molar refractivity (Wildman–Crippen MR) is 75.7 cm³/mol. The average Bonchev–Trinajstić information content (AvgIpc) is 2.46. The molecule has 19 heavy (non-hydrogen) atoms. The Labute approximate surface area is 115 Å². The van der Waals surface area contributed by atoms with Crippen LogP contribution in [0.25, 0.3) is 0 Å². The lowest BCUT2D eigenvalue weighted by Gasteiger charge is -2.37. The van der Waals surface area contributed by atoms with E-state index in [9.17, 15) is 5.11 Å². The maximum absolute atomic E-state index is 11.0. The highest BCUT2D eigenvalue weighted by molar-refractivity contribution is 5.44. The summed E-state index contributed by atoms with van der Waals surface area (Å²) in [5.74, 6) is 2.11. The first-order chi connectivity index (χ1) is 9.12. The van der Waals surface area contributed by atoms with Crippen LogP contribution in [0.5, 0.6) is 11.5 Å². The van der Waals surface area contributed by atoms with Gasteiger partial charge in [0.25, 0.3) is 0 Å². The zero-order valence-electron chi connectivity index (χ0n) is 12.1. The van der Waals surface area contributed by atoms with Gasteiger partial charge in [-0.3, -0.25) is 0 Å². The standard InChI is InChI=1S/C16H24O3/c1-4-12-6-5-9-16(17,11-12)14-10-13(18-2)7-8-15(14)19-3/h7-8,10,12,17H,4-6,9,11H2,1-3H3. The fourth-order valence-corrected chi connectivity index (χ4v) is 3.14. The third kappa shape index (κ3) is 2.86. The van der Waals surface area contributed by atoms with Gasteiger partial charge in [-0.25, -0.2) is 0 Å². The summed E-state index contributed by atoms with van der Waals surface area (Å²) in [7, 11) is 3.29. The van der Waals surface area contributed by atoms with Crippen LogP contribution >= 0.6 is 0 Å². The molecule has 1 N–H and O–H groups in total. The lowest BCUT2D eigenvalue weighted by atomic mass is 9.73. The Morgan fingerprint density at radius 1 is 1.32 bits per heavy atom. The fraction of sp³-hybridized carbons (Fsp3) is 0.625. The van der Waals surface area contributed by atoms with Crippen LogP contribution in [-0.2, 0) is 5.60 Å². The Balaban J connectivity index is 2.37. The van der Waals surface area contributed by atoms with E-state index in [4.69, 9.17) is 9.47 Å². The fourth-order valence-electron chi connectivity index (χ4n) is 3.14. The number of benzene rings is 1. The van der Waals surface area contributed by atoms with Gasteiger partial charge in [-0.1, -0.05) is 19.8 Å². The SMILES string of the molecule is CCC1CCCC(O)(c2cc(OC)ccc2OC)C1. The van der Waals surface area contributed by atoms with Gasteiger partial charge < -0.3 is 14.6 Å². The summed E-state index contributed by atoms with van der Waals surface area (Å²) < 4.78 is 10.7. The maximum Gasteiger partial charge on any atom is 0.125 e. The molecule has 0 aromatic heterocycles. The minimum absolute atomic E-state index is 0.592. The van der Waals surface area contributed by atoms with Crippen LogP contribution in [0.4, 0.5) is 0 Å². The van der Waals surface area contributed by atoms with Crippen molar-refractivity contribution in [3.8, 4) is 11.5 Å². The Hall–Kier alpha value is -1.22. The van der Waals surface area contributed by atoms with Crippen molar-refractivity contribution in [2.24, 2.45) is 5.92 Å². The van der Waals surface area contributed by atoms with Gasteiger partial charge in [0.05, 0.1) is 19.8 Å². The second-order valence-corrected chi connectivity index (χ2v) is 5.47. The molecule has 2 rings (SSSR count). The van der Waals surface area contributed by atoms with Gasteiger partial charge in [0.1, 0.15) is 11.5 Å². The Bertz CT molecular complexity index is 430. The molecule has 0 amide bonds. The van der Waals surface area contributed by atoms with Crippen molar-refractivity contribution in [2.45, 2.75) is 44.6 Å². The third-order valence-corrected chi connectivity index (χ3v) is 4.31. The van der Waals surface area contributed by atoms with Crippen LogP contribution in [-0.4, -0.2) is 19.3 Å². The van der Waals surface area contributed by atoms with Crippen molar-refractivity contribution in [1.29, 1.82) is 0 Å². The van der Waals surface area contributed by atoms with Crippen LogP contribution in [0.3, 0.4) is 0 Å². The van der Waals surface area contributed by atoms with Crippen molar-refractivity contribution >= 4 is 0 Å². The highest BCUT2D eigenvalue weighted by Gasteiger charge is 2.37. The van der Waals surface area contributed by atoms with Gasteiger partial charge in [0.2, 0.25) is 0 Å². The Kier molecular flexibility index (Phi) is 4.35. The predicted octanol–water partition coefficient (Wildman–Crippen LogP) is 3.49. The van der Waals surface area contributed by atoms with Gasteiger partial charge in [0.15, 0.2) is 0 Å². The summed E-state index contributed by atoms with van der Waals surface area (Å²) in [4.78, 5) is 0. The molecular weight excluding hydrogens is 240 g/mol. The highest BCUT2D eigenvalue weighted by atomic mass is 16.5. The minimum atomic E-state index is -0.779. The number of methoxy groups -OCH3 is 2. The van der Waals surface area contributed by atoms with E-state index >= 15 is 0 Å². The van der Waals surface area contributed by atoms with Gasteiger partial charge in [-0.15, -0.1) is 0 Å². The van der Waals surface area contributed by atoms with Crippen molar-refractivity contribution in [1.82, 2.24) is 0 Å². The molecule has 1 aliphatic carbocycles. The molecule has 1 aromatic rings. The molecule has 106 valence electrons. The van der Waals surface area contributed by atoms with E-state index < -0.39 is 5.60 Å². The summed E-state index contributed by atoms with van der Waals surface area (Å²) in [5.41, 5.74) is 0.0891. The molecule has 2 unspecified atom stereocenters. The molecule has 0 saturated heterocycles. The van der Waals surface area contributed by atoms with Crippen LogP contribution in [0.15, 0.2) is 18.2 Å². The van der Waals surface area contributed by atoms with Gasteiger partial charge in [0, 0.05) is 5.56 Å². The zero-order valence-corrected chi connectivity index (χ0v) is 12.1. The summed E-state index contributed by atoms with van der Waals surface area (Å²) >= 11 is 0. The van der Waals surface area contributed by atoms with Crippen LogP contribution in [0.1, 0.15) is 44.6 Å². The van der Waals surface area contributed by atoms with E-state index in [1.54, 1.807) is 14.2 Å². The van der Waals surface area contributed by atoms with Crippen molar-refractivity contribution in [3.05, 3.63) is 23.8 Å². The zero-order chi connectivity index (χ0) is 13.9. The Morgan fingerprint density at radius 2 is 2.11 bits per heavy atom. The van der Waals surface area contributed by atoms with Crippen LogP contribution in [0, 0.1) is 5.92 Å². The van der Waals surface area contributed by atoms with Crippen LogP contribution < -0.4 is 9.47 Å². The van der Waals surface area contributed by atoms with Gasteiger partial charge in [-0.05, 0) is 43.4 Å². The molecule has 3 heteroatoms. The third-order valence-electron chi connectivity index (χ3n) is 4.31. The Morgan fingerprint density at radius 3 is 2.74 bits per heavy atom. The topological polar surface area (TPSA) is 38.7 Å². The molecule has 0 bridgehead atoms. The summed E-state index contributed by atoms with van der Waals surface area (Å²) in [5, 5.41) is 11.0. The minimum Gasteiger partial charge on any atom is -0.497 e. The summed E-state index contributed by atoms with van der Waals surface area (Å²) in [6, 6.07) is 5.66. The van der Waals surface area contributed by atoms with E-state index in [2.05, 4.69) is 6.92 Å². The molecule has 0 spiro atoms. The highest BCUT2D eigenvalue weighted by Crippen LogP contribution is 2.45. The monoisotopic (exact) mass is 264 g/mol. The molecule has 2 atom stereocenters. The van der Waals surface area contributed by atoms with E-state index in [1.807, 2.05) is 18.2 Å². The largest absolute Gasteiger partial charge is 0.497 e. The van der Waals surface area contributed by atoms with E-state index in [0.29, 0.717) is 5.92 Å². The molecule has 0 radical (unpaired) electrons. The summed E-state index contributed by atoms with van der Waals surface area (Å²) in [6.45, 7) is 2.19. The molecule has 1 fully saturated rings. The molecule has 1 saturated carbocycles. The van der Waals surface area contributed by atoms with Crippen molar-refractivity contribution in [2.75, 3.05) is 14.2 Å². The first kappa shape index (κ1) is 14.2. The molecule has 3 nitrogen and oxygen atoms in total. The molecule has 0 heterocycles. The van der Waals surface area contributed by atoms with Crippen LogP contribution in [0.2, 0.25) is 0 Å². The first-order valence-electron chi connectivity index (χ1n) is 7.08. The maximum atomic E-state index is 11.0. The molecule has 1 aliphatic rings. The van der Waals surface area contributed by atoms with E-state index in [1.165, 1.54) is 6.42 Å². The van der Waals surface area contributed by atoms with Crippen molar-refractivity contribution in [3.63, 3.8) is 0 Å². The lowest BCUT2D eigenvalue weighted by Crippen LogP contribution is -2.33. The number of ether oxygens (including phenoxy) is 2. The van der Waals surface area contributed by atoms with E-state index in [-0.39, 0.29) is 0 Å². The summed E-state index contributed by atoms with van der Waals surface area (Å²) in [6.07, 6.45) is 5.01. The smallest absolute Gasteiger partial charge is 0.125 e.